The molecule has 0 radical (unpaired) electrons. The van der Waals surface area contributed by atoms with Gasteiger partial charge in [0.2, 0.25) is 0 Å². The summed E-state index contributed by atoms with van der Waals surface area (Å²) in [5.41, 5.74) is 0. The molecular weight excluding hydrogens is 160 g/mol. The molecule has 0 nitrogen and oxygen atoms in total. The van der Waals surface area contributed by atoms with Gasteiger partial charge in [0, 0.05) is 8.80 Å². The van der Waals surface area contributed by atoms with Gasteiger partial charge in [-0.3, -0.25) is 0 Å². The minimum Gasteiger partial charge on any atom is -0.0722 e. The SMILES string of the molecule is CC(C)CCCCCC[SiH](C)C. The second-order valence-electron chi connectivity index (χ2n) is 4.78. The van der Waals surface area contributed by atoms with Gasteiger partial charge in [-0.1, -0.05) is 65.1 Å². The average Bonchev–Trinajstić information content (AvgIpc) is 1.95. The first kappa shape index (κ1) is 12.2. The van der Waals surface area contributed by atoms with E-state index in [9.17, 15) is 0 Å². The monoisotopic (exact) mass is 186 g/mol. The summed E-state index contributed by atoms with van der Waals surface area (Å²) in [4.78, 5) is 0. The van der Waals surface area contributed by atoms with E-state index in [2.05, 4.69) is 26.9 Å². The quantitative estimate of drug-likeness (QED) is 0.415. The van der Waals surface area contributed by atoms with E-state index in [1.54, 1.807) is 6.04 Å². The van der Waals surface area contributed by atoms with E-state index in [4.69, 9.17) is 0 Å². The van der Waals surface area contributed by atoms with Gasteiger partial charge in [0.25, 0.3) is 0 Å². The molecule has 0 fully saturated rings. The van der Waals surface area contributed by atoms with Crippen LogP contribution in [0.5, 0.6) is 0 Å². The number of rotatable bonds is 7. The Bertz CT molecular complexity index is 75.0. The predicted molar refractivity (Wildman–Crippen MR) is 61.6 cm³/mol. The molecule has 0 N–H and O–H groups in total. The van der Waals surface area contributed by atoms with Crippen molar-refractivity contribution in [2.75, 3.05) is 0 Å². The molecule has 12 heavy (non-hydrogen) atoms. The molecule has 0 aliphatic rings. The molecule has 0 heterocycles. The van der Waals surface area contributed by atoms with Crippen LogP contribution < -0.4 is 0 Å². The fourth-order valence-electron chi connectivity index (χ4n) is 1.46. The van der Waals surface area contributed by atoms with Crippen molar-refractivity contribution in [1.82, 2.24) is 0 Å². The Morgan fingerprint density at radius 2 is 1.50 bits per heavy atom. The minimum atomic E-state index is -0.242. The van der Waals surface area contributed by atoms with Crippen LogP contribution in [-0.2, 0) is 0 Å². The maximum atomic E-state index is 2.45. The molecule has 0 rings (SSSR count). The zero-order valence-corrected chi connectivity index (χ0v) is 10.6. The molecule has 1 heteroatoms. The van der Waals surface area contributed by atoms with E-state index >= 15 is 0 Å². The fraction of sp³-hybridized carbons (Fsp3) is 1.00. The normalized spacial score (nSPS) is 11.5. The highest BCUT2D eigenvalue weighted by atomic mass is 28.3. The van der Waals surface area contributed by atoms with Gasteiger partial charge in [-0.25, -0.2) is 0 Å². The molecule has 0 saturated heterocycles. The smallest absolute Gasteiger partial charge is 0.0305 e. The first-order valence-corrected chi connectivity index (χ1v) is 8.75. The van der Waals surface area contributed by atoms with Gasteiger partial charge in [0.05, 0.1) is 0 Å². The Morgan fingerprint density at radius 3 is 2.00 bits per heavy atom. The Morgan fingerprint density at radius 1 is 0.917 bits per heavy atom. The van der Waals surface area contributed by atoms with E-state index in [-0.39, 0.29) is 8.80 Å². The fourth-order valence-corrected chi connectivity index (χ4v) is 2.56. The summed E-state index contributed by atoms with van der Waals surface area (Å²) < 4.78 is 0. The number of unbranched alkanes of at least 4 members (excludes halogenated alkanes) is 3. The first-order chi connectivity index (χ1) is 5.63. The third kappa shape index (κ3) is 10.2. The Labute approximate surface area is 80.4 Å². The second-order valence-corrected chi connectivity index (χ2v) is 8.14. The van der Waals surface area contributed by atoms with Gasteiger partial charge in [-0.2, -0.15) is 0 Å². The van der Waals surface area contributed by atoms with Crippen LogP contribution in [0.2, 0.25) is 19.1 Å². The lowest BCUT2D eigenvalue weighted by atomic mass is 10.0. The van der Waals surface area contributed by atoms with Gasteiger partial charge >= 0.3 is 0 Å². The molecule has 0 bridgehead atoms. The maximum absolute atomic E-state index is 2.45. The van der Waals surface area contributed by atoms with Crippen LogP contribution in [0.3, 0.4) is 0 Å². The summed E-state index contributed by atoms with van der Waals surface area (Å²) in [6.45, 7) is 9.55. The predicted octanol–water partition coefficient (Wildman–Crippen LogP) is 4.08. The molecule has 0 spiro atoms. The topological polar surface area (TPSA) is 0 Å². The Hall–Kier alpha value is 0.217. The van der Waals surface area contributed by atoms with Crippen LogP contribution in [0.25, 0.3) is 0 Å². The first-order valence-electron chi connectivity index (χ1n) is 5.63. The Kier molecular flexibility index (Phi) is 7.99. The van der Waals surface area contributed by atoms with Crippen LogP contribution in [0.15, 0.2) is 0 Å². The molecule has 0 aromatic rings. The summed E-state index contributed by atoms with van der Waals surface area (Å²) in [7, 11) is -0.242. The van der Waals surface area contributed by atoms with Crippen LogP contribution in [0.1, 0.15) is 46.0 Å². The summed E-state index contributed by atoms with van der Waals surface area (Å²) >= 11 is 0. The average molecular weight is 186 g/mol. The summed E-state index contributed by atoms with van der Waals surface area (Å²) in [5, 5.41) is 0. The lowest BCUT2D eigenvalue weighted by molar-refractivity contribution is 0.524. The van der Waals surface area contributed by atoms with Crippen molar-refractivity contribution in [3.63, 3.8) is 0 Å². The summed E-state index contributed by atoms with van der Waals surface area (Å²) in [6, 6.07) is 1.56. The zero-order valence-electron chi connectivity index (χ0n) is 9.40. The Balaban J connectivity index is 2.91. The van der Waals surface area contributed by atoms with E-state index in [0.29, 0.717) is 0 Å². The van der Waals surface area contributed by atoms with Gasteiger partial charge in [0.15, 0.2) is 0 Å². The van der Waals surface area contributed by atoms with Gasteiger partial charge in [0.1, 0.15) is 0 Å². The highest BCUT2D eigenvalue weighted by Crippen LogP contribution is 2.11. The third-order valence-electron chi connectivity index (χ3n) is 2.31. The molecular formula is C11H26Si. The summed E-state index contributed by atoms with van der Waals surface area (Å²) in [6.07, 6.45) is 7.34. The van der Waals surface area contributed by atoms with Crippen LogP contribution >= 0.6 is 0 Å². The van der Waals surface area contributed by atoms with Crippen molar-refractivity contribution in [2.24, 2.45) is 5.92 Å². The molecule has 0 aromatic heterocycles. The van der Waals surface area contributed by atoms with E-state index < -0.39 is 0 Å². The second kappa shape index (κ2) is 7.84. The molecule has 74 valence electrons. The molecule has 0 aromatic carbocycles. The molecule has 0 aliphatic carbocycles. The highest BCUT2D eigenvalue weighted by molar-refractivity contribution is 6.55. The maximum Gasteiger partial charge on any atom is 0.0305 e. The number of hydrogen-bond donors (Lipinski definition) is 0. The standard InChI is InChI=1S/C11H26Si/c1-11(2)9-7-5-6-8-10-12(3)4/h11-12H,5-10H2,1-4H3. The lowest BCUT2D eigenvalue weighted by Crippen LogP contribution is -1.97. The van der Waals surface area contributed by atoms with Gasteiger partial charge < -0.3 is 0 Å². The van der Waals surface area contributed by atoms with E-state index in [1.807, 2.05) is 0 Å². The largest absolute Gasteiger partial charge is 0.0722 e. The van der Waals surface area contributed by atoms with E-state index in [0.717, 1.165) is 5.92 Å². The molecule has 0 unspecified atom stereocenters. The molecule has 0 aliphatic heterocycles. The third-order valence-corrected chi connectivity index (χ3v) is 3.88. The van der Waals surface area contributed by atoms with Crippen molar-refractivity contribution in [3.05, 3.63) is 0 Å². The molecule has 0 amide bonds. The lowest BCUT2D eigenvalue weighted by Gasteiger charge is -2.05. The van der Waals surface area contributed by atoms with Crippen molar-refractivity contribution < 1.29 is 0 Å². The van der Waals surface area contributed by atoms with Crippen molar-refractivity contribution in [3.8, 4) is 0 Å². The molecule has 0 atom stereocenters. The van der Waals surface area contributed by atoms with E-state index in [1.165, 1.54) is 32.1 Å². The minimum absolute atomic E-state index is 0.242. The molecule has 0 saturated carbocycles. The van der Waals surface area contributed by atoms with Crippen molar-refractivity contribution in [1.29, 1.82) is 0 Å². The van der Waals surface area contributed by atoms with Crippen molar-refractivity contribution in [2.45, 2.75) is 65.1 Å². The van der Waals surface area contributed by atoms with Crippen LogP contribution in [0, 0.1) is 5.92 Å². The van der Waals surface area contributed by atoms with Gasteiger partial charge in [-0.15, -0.1) is 0 Å². The van der Waals surface area contributed by atoms with Crippen molar-refractivity contribution >= 4 is 8.80 Å². The highest BCUT2D eigenvalue weighted by Gasteiger charge is 1.96. The number of hydrogen-bond acceptors (Lipinski definition) is 0. The van der Waals surface area contributed by atoms with Gasteiger partial charge in [-0.05, 0) is 5.92 Å². The summed E-state index contributed by atoms with van der Waals surface area (Å²) in [5.74, 6) is 0.907. The zero-order chi connectivity index (χ0) is 9.40. The van der Waals surface area contributed by atoms with Crippen LogP contribution in [-0.4, -0.2) is 8.80 Å². The van der Waals surface area contributed by atoms with Crippen LogP contribution in [0.4, 0.5) is 0 Å².